The van der Waals surface area contributed by atoms with E-state index in [1.54, 1.807) is 6.07 Å². The predicted molar refractivity (Wildman–Crippen MR) is 205 cm³/mol. The first-order valence-corrected chi connectivity index (χ1v) is 18.0. The number of benzene rings is 4. The quantitative estimate of drug-likeness (QED) is 0.0665. The van der Waals surface area contributed by atoms with Crippen molar-refractivity contribution >= 4 is 22.8 Å². The number of hydrogen-bond donors (Lipinski definition) is 4. The summed E-state index contributed by atoms with van der Waals surface area (Å²) >= 11 is 0. The highest BCUT2D eigenvalue weighted by Gasteiger charge is 2.43. The number of ether oxygens (including phenoxy) is 1. The molecule has 4 N–H and O–H groups in total. The van der Waals surface area contributed by atoms with Crippen molar-refractivity contribution in [3.8, 4) is 0 Å². The van der Waals surface area contributed by atoms with Crippen LogP contribution in [0.2, 0.25) is 0 Å². The van der Waals surface area contributed by atoms with Crippen LogP contribution < -0.4 is 10.6 Å². The van der Waals surface area contributed by atoms with Crippen molar-refractivity contribution in [2.24, 2.45) is 0 Å². The zero-order valence-electron chi connectivity index (χ0n) is 31.4. The lowest BCUT2D eigenvalue weighted by Gasteiger charge is -2.23. The fourth-order valence-corrected chi connectivity index (χ4v) is 5.77. The minimum absolute atomic E-state index is 0.169. The molecule has 0 fully saturated rings. The number of nitrogens with one attached hydrogen (secondary N) is 3. The normalized spacial score (nSPS) is 13.0. The van der Waals surface area contributed by atoms with Crippen LogP contribution in [0.25, 0.3) is 10.9 Å². The van der Waals surface area contributed by atoms with Crippen molar-refractivity contribution < 1.29 is 45.8 Å². The molecule has 5 aromatic rings. The molecule has 0 aliphatic heterocycles. The highest BCUT2D eigenvalue weighted by molar-refractivity contribution is 5.84. The Bertz CT molecular complexity index is 1870. The SMILES string of the molecule is CN(CCC(OC(=O)C(F)(F)F)c1ccccc1)C(=O)C(F)(F)F.CNCCC(O)c1ccccc1.CNCCC(c1ccccc1)c1c[nH]c2ccccc12. The maximum Gasteiger partial charge on any atom is 0.490 e. The number of hydrogen-bond acceptors (Lipinski definition) is 6. The molecule has 5 rings (SSSR count). The average molecular weight is 787 g/mol. The number of aromatic nitrogens is 1. The fourth-order valence-electron chi connectivity index (χ4n) is 5.77. The number of fused-ring (bicyclic) bond motifs is 1. The molecule has 1 amide bonds. The summed E-state index contributed by atoms with van der Waals surface area (Å²) in [6.07, 6.45) is -8.51. The van der Waals surface area contributed by atoms with Gasteiger partial charge in [0, 0.05) is 43.0 Å². The molecule has 56 heavy (non-hydrogen) atoms. The zero-order chi connectivity index (χ0) is 41.1. The summed E-state index contributed by atoms with van der Waals surface area (Å²) in [6.45, 7) is 1.30. The zero-order valence-corrected chi connectivity index (χ0v) is 31.4. The van der Waals surface area contributed by atoms with Crippen LogP contribution in [0.15, 0.2) is 121 Å². The Kier molecular flexibility index (Phi) is 18.1. The molecule has 0 spiro atoms. The standard InChI is InChI=1S/C18H20N2.C14H13F6NO3.C10H15NO/c1-19-12-11-15(14-7-3-2-4-8-14)17-13-20-18-10-6-5-9-16(17)18;1-21(11(22)13(15,16)17)8-7-10(9-5-3-2-4-6-9)24-12(23)14(18,19)20;1-11-8-7-10(12)9-5-3-2-4-6-9/h2-10,13,15,19-20H,11-12H2,1H3;2-6,10H,7-8H2,1H3;2-6,10-12H,7-8H2,1H3. The van der Waals surface area contributed by atoms with Crippen LogP contribution in [0.3, 0.4) is 0 Å². The Balaban J connectivity index is 0.000000237. The van der Waals surface area contributed by atoms with E-state index in [0.29, 0.717) is 10.8 Å². The van der Waals surface area contributed by atoms with Gasteiger partial charge in [-0.2, -0.15) is 26.3 Å². The molecule has 8 nitrogen and oxygen atoms in total. The van der Waals surface area contributed by atoms with E-state index in [4.69, 9.17) is 0 Å². The number of aliphatic hydroxyl groups is 1. The van der Waals surface area contributed by atoms with Crippen molar-refractivity contribution in [1.29, 1.82) is 0 Å². The molecule has 0 bridgehead atoms. The van der Waals surface area contributed by atoms with Gasteiger partial charge in [-0.05, 0) is 68.3 Å². The van der Waals surface area contributed by atoms with Gasteiger partial charge in [0.25, 0.3) is 0 Å². The predicted octanol–water partition coefficient (Wildman–Crippen LogP) is 8.48. The number of amides is 1. The number of rotatable bonds is 14. The van der Waals surface area contributed by atoms with Gasteiger partial charge in [-0.25, -0.2) is 4.79 Å². The Morgan fingerprint density at radius 3 is 1.73 bits per heavy atom. The molecule has 1 aromatic heterocycles. The maximum absolute atomic E-state index is 12.3. The molecule has 3 unspecified atom stereocenters. The lowest BCUT2D eigenvalue weighted by Crippen LogP contribution is -2.39. The van der Waals surface area contributed by atoms with Crippen LogP contribution in [-0.2, 0) is 14.3 Å². The van der Waals surface area contributed by atoms with Crippen LogP contribution >= 0.6 is 0 Å². The number of carbonyl (C=O) groups excluding carboxylic acids is 2. The van der Waals surface area contributed by atoms with E-state index in [2.05, 4.69) is 81.1 Å². The lowest BCUT2D eigenvalue weighted by molar-refractivity contribution is -0.206. The fraction of sp³-hybridized carbons (Fsp3) is 0.333. The van der Waals surface area contributed by atoms with Crippen molar-refractivity contribution in [2.45, 2.75) is 49.7 Å². The molecule has 0 saturated carbocycles. The van der Waals surface area contributed by atoms with Crippen LogP contribution in [0.4, 0.5) is 26.3 Å². The molecule has 302 valence electrons. The number of H-pyrrole nitrogens is 1. The Morgan fingerprint density at radius 1 is 0.696 bits per heavy atom. The molecule has 0 aliphatic rings. The molecule has 14 heteroatoms. The van der Waals surface area contributed by atoms with E-state index in [-0.39, 0.29) is 11.7 Å². The van der Waals surface area contributed by atoms with Crippen molar-refractivity contribution in [2.75, 3.05) is 40.8 Å². The third-order valence-electron chi connectivity index (χ3n) is 8.70. The van der Waals surface area contributed by atoms with Crippen LogP contribution in [0, 0.1) is 0 Å². The number of aliphatic hydroxyl groups excluding tert-OH is 1. The summed E-state index contributed by atoms with van der Waals surface area (Å²) in [5.74, 6) is -4.17. The summed E-state index contributed by atoms with van der Waals surface area (Å²) < 4.78 is 78.2. The van der Waals surface area contributed by atoms with Gasteiger partial charge in [-0.3, -0.25) is 4.79 Å². The van der Waals surface area contributed by atoms with Gasteiger partial charge in [0.05, 0.1) is 6.10 Å². The molecule has 3 atom stereocenters. The molecule has 0 aliphatic carbocycles. The molecule has 0 radical (unpaired) electrons. The van der Waals surface area contributed by atoms with Gasteiger partial charge in [-0.15, -0.1) is 0 Å². The minimum Gasteiger partial charge on any atom is -0.451 e. The number of alkyl halides is 6. The highest BCUT2D eigenvalue weighted by atomic mass is 19.4. The van der Waals surface area contributed by atoms with E-state index >= 15 is 0 Å². The summed E-state index contributed by atoms with van der Waals surface area (Å²) in [5.41, 5.74) is 5.15. The second-order valence-electron chi connectivity index (χ2n) is 12.8. The first-order chi connectivity index (χ1) is 26.7. The van der Waals surface area contributed by atoms with Gasteiger partial charge in [0.1, 0.15) is 6.10 Å². The smallest absolute Gasteiger partial charge is 0.451 e. The monoisotopic (exact) mass is 786 g/mol. The second-order valence-corrected chi connectivity index (χ2v) is 12.8. The van der Waals surface area contributed by atoms with Crippen molar-refractivity contribution in [3.63, 3.8) is 0 Å². The van der Waals surface area contributed by atoms with Crippen LogP contribution in [-0.4, -0.2) is 80.0 Å². The van der Waals surface area contributed by atoms with E-state index in [1.807, 2.05) is 44.4 Å². The number of aromatic amines is 1. The summed E-state index contributed by atoms with van der Waals surface area (Å²) in [7, 11) is 4.75. The number of esters is 1. The van der Waals surface area contributed by atoms with E-state index in [1.165, 1.54) is 46.3 Å². The number of halogens is 6. The van der Waals surface area contributed by atoms with Gasteiger partial charge in [-0.1, -0.05) is 109 Å². The maximum atomic E-state index is 12.3. The third-order valence-corrected chi connectivity index (χ3v) is 8.70. The molecule has 4 aromatic carbocycles. The molecular weight excluding hydrogens is 738 g/mol. The number of para-hydroxylation sites is 1. The highest BCUT2D eigenvalue weighted by Crippen LogP contribution is 2.33. The number of nitrogens with zero attached hydrogens (tertiary/aromatic N) is 1. The first-order valence-electron chi connectivity index (χ1n) is 18.0. The van der Waals surface area contributed by atoms with Crippen LogP contribution in [0.5, 0.6) is 0 Å². The Labute approximate surface area is 322 Å². The number of carbonyl (C=O) groups is 2. The second kappa shape index (κ2) is 22.4. The van der Waals surface area contributed by atoms with Crippen molar-refractivity contribution in [1.82, 2.24) is 20.5 Å². The average Bonchev–Trinajstić information content (AvgIpc) is 3.63. The Morgan fingerprint density at radius 2 is 1.20 bits per heavy atom. The summed E-state index contributed by atoms with van der Waals surface area (Å²) in [6, 6.07) is 36.2. The third kappa shape index (κ3) is 14.5. The molecular formula is C42H48F6N4O4. The van der Waals surface area contributed by atoms with E-state index in [9.17, 15) is 41.0 Å². The molecule has 1 heterocycles. The van der Waals surface area contributed by atoms with Crippen molar-refractivity contribution in [3.05, 3.63) is 144 Å². The summed E-state index contributed by atoms with van der Waals surface area (Å²) in [4.78, 5) is 25.7. The molecule has 0 saturated heterocycles. The van der Waals surface area contributed by atoms with Gasteiger partial charge < -0.3 is 30.4 Å². The van der Waals surface area contributed by atoms with E-state index < -0.39 is 43.3 Å². The largest absolute Gasteiger partial charge is 0.490 e. The van der Waals surface area contributed by atoms with Gasteiger partial charge in [0.2, 0.25) is 0 Å². The lowest BCUT2D eigenvalue weighted by atomic mass is 9.88. The minimum atomic E-state index is -5.24. The van der Waals surface area contributed by atoms with Gasteiger partial charge in [0.15, 0.2) is 0 Å². The van der Waals surface area contributed by atoms with E-state index in [0.717, 1.165) is 38.5 Å². The Hall–Kier alpha value is -5.18. The van der Waals surface area contributed by atoms with Gasteiger partial charge >= 0.3 is 24.2 Å². The summed E-state index contributed by atoms with van der Waals surface area (Å²) in [5, 5.41) is 17.2. The van der Waals surface area contributed by atoms with Crippen LogP contribution in [0.1, 0.15) is 59.6 Å². The topological polar surface area (TPSA) is 107 Å². The first kappa shape index (κ1) is 45.2.